The third-order valence-electron chi connectivity index (χ3n) is 2.54. The molecule has 0 bridgehead atoms. The molecule has 0 saturated heterocycles. The van der Waals surface area contributed by atoms with E-state index in [1.54, 1.807) is 11.3 Å². The van der Waals surface area contributed by atoms with E-state index in [9.17, 15) is 4.79 Å². The average Bonchev–Trinajstić information content (AvgIpc) is 2.91. The highest BCUT2D eigenvalue weighted by atomic mass is 32.1. The van der Waals surface area contributed by atoms with Crippen LogP contribution in [0.3, 0.4) is 0 Å². The summed E-state index contributed by atoms with van der Waals surface area (Å²) >= 11 is 1.61. The van der Waals surface area contributed by atoms with Crippen molar-refractivity contribution in [3.8, 4) is 0 Å². The predicted molar refractivity (Wildman–Crippen MR) is 74.5 cm³/mol. The van der Waals surface area contributed by atoms with Gasteiger partial charge in [0.25, 0.3) is 0 Å². The van der Waals surface area contributed by atoms with Crippen molar-refractivity contribution < 1.29 is 9.53 Å². The second kappa shape index (κ2) is 6.17. The van der Waals surface area contributed by atoms with Crippen LogP contribution in [0.25, 0.3) is 6.08 Å². The van der Waals surface area contributed by atoms with E-state index in [2.05, 4.69) is 0 Å². The largest absolute Gasteiger partial charge is 0.466 e. The molecule has 18 heavy (non-hydrogen) atoms. The van der Waals surface area contributed by atoms with E-state index in [1.807, 2.05) is 53.9 Å². The number of benzene rings is 1. The van der Waals surface area contributed by atoms with Crippen molar-refractivity contribution >= 4 is 23.4 Å². The maximum atomic E-state index is 11.8. The molecule has 0 amide bonds. The fourth-order valence-corrected chi connectivity index (χ4v) is 2.36. The van der Waals surface area contributed by atoms with Crippen molar-refractivity contribution in [2.75, 3.05) is 7.11 Å². The van der Waals surface area contributed by atoms with Crippen LogP contribution in [0.2, 0.25) is 0 Å². The predicted octanol–water partition coefficient (Wildman–Crippen LogP) is 3.55. The van der Waals surface area contributed by atoms with Crippen molar-refractivity contribution in [1.82, 2.24) is 0 Å². The number of hydrogen-bond donors (Lipinski definition) is 0. The normalized spacial score (nSPS) is 11.3. The van der Waals surface area contributed by atoms with Gasteiger partial charge in [-0.15, -0.1) is 11.3 Å². The van der Waals surface area contributed by atoms with Crippen molar-refractivity contribution in [3.63, 3.8) is 0 Å². The Balaban J connectivity index is 2.24. The molecule has 1 aromatic heterocycles. The lowest BCUT2D eigenvalue weighted by Gasteiger charge is -2.05. The van der Waals surface area contributed by atoms with E-state index < -0.39 is 0 Å². The molecule has 2 nitrogen and oxygen atoms in total. The third kappa shape index (κ3) is 3.31. The number of esters is 1. The Hall–Kier alpha value is -1.87. The SMILES string of the molecule is COC(=O)C(=Cc1cccs1)Cc1ccccc1. The fraction of sp³-hybridized carbons (Fsp3) is 0.133. The molecule has 0 fully saturated rings. The topological polar surface area (TPSA) is 26.3 Å². The number of carbonyl (C=O) groups is 1. The zero-order valence-corrected chi connectivity index (χ0v) is 10.9. The average molecular weight is 258 g/mol. The lowest BCUT2D eigenvalue weighted by atomic mass is 10.0. The van der Waals surface area contributed by atoms with Crippen LogP contribution < -0.4 is 0 Å². The molecule has 2 aromatic rings. The Morgan fingerprint density at radius 1 is 1.22 bits per heavy atom. The molecule has 1 heterocycles. The summed E-state index contributed by atoms with van der Waals surface area (Å²) in [5, 5.41) is 1.99. The van der Waals surface area contributed by atoms with Crippen LogP contribution in [-0.2, 0) is 16.0 Å². The number of hydrogen-bond acceptors (Lipinski definition) is 3. The molecule has 0 radical (unpaired) electrons. The number of thiophene rings is 1. The van der Waals surface area contributed by atoms with Crippen LogP contribution in [-0.4, -0.2) is 13.1 Å². The van der Waals surface area contributed by atoms with E-state index in [0.717, 1.165) is 10.4 Å². The van der Waals surface area contributed by atoms with E-state index in [1.165, 1.54) is 7.11 Å². The first-order chi connectivity index (χ1) is 8.79. The number of methoxy groups -OCH3 is 1. The minimum absolute atomic E-state index is 0.271. The minimum Gasteiger partial charge on any atom is -0.466 e. The first kappa shape index (κ1) is 12.6. The number of carbonyl (C=O) groups excluding carboxylic acids is 1. The Bertz CT molecular complexity index is 527. The lowest BCUT2D eigenvalue weighted by Crippen LogP contribution is -2.07. The summed E-state index contributed by atoms with van der Waals surface area (Å²) in [4.78, 5) is 12.8. The van der Waals surface area contributed by atoms with E-state index in [4.69, 9.17) is 4.74 Å². The molecule has 1 aromatic carbocycles. The highest BCUT2D eigenvalue weighted by Gasteiger charge is 2.10. The van der Waals surface area contributed by atoms with Gasteiger partial charge in [0, 0.05) is 16.9 Å². The van der Waals surface area contributed by atoms with Gasteiger partial charge >= 0.3 is 5.97 Å². The zero-order chi connectivity index (χ0) is 12.8. The molecule has 92 valence electrons. The molecule has 0 aliphatic rings. The molecular weight excluding hydrogens is 244 g/mol. The first-order valence-corrected chi connectivity index (χ1v) is 6.54. The Morgan fingerprint density at radius 2 is 2.00 bits per heavy atom. The molecule has 0 saturated carbocycles. The van der Waals surface area contributed by atoms with Crippen molar-refractivity contribution in [1.29, 1.82) is 0 Å². The van der Waals surface area contributed by atoms with Gasteiger partial charge in [0.1, 0.15) is 0 Å². The Kier molecular flexibility index (Phi) is 4.31. The van der Waals surface area contributed by atoms with Crippen LogP contribution in [0, 0.1) is 0 Å². The molecular formula is C15H14O2S. The molecule has 0 aliphatic heterocycles. The number of rotatable bonds is 4. The third-order valence-corrected chi connectivity index (χ3v) is 3.36. The van der Waals surface area contributed by atoms with Crippen molar-refractivity contribution in [2.45, 2.75) is 6.42 Å². The maximum Gasteiger partial charge on any atom is 0.334 e. The van der Waals surface area contributed by atoms with Gasteiger partial charge in [-0.05, 0) is 23.1 Å². The summed E-state index contributed by atoms with van der Waals surface area (Å²) in [6.45, 7) is 0. The van der Waals surface area contributed by atoms with Crippen molar-refractivity contribution in [2.24, 2.45) is 0 Å². The second-order valence-electron chi connectivity index (χ2n) is 3.84. The van der Waals surface area contributed by atoms with Crippen LogP contribution in [0.1, 0.15) is 10.4 Å². The van der Waals surface area contributed by atoms with Crippen LogP contribution in [0.5, 0.6) is 0 Å². The molecule has 2 rings (SSSR count). The molecule has 0 unspecified atom stereocenters. The summed E-state index contributed by atoms with van der Waals surface area (Å²) in [6, 6.07) is 13.9. The van der Waals surface area contributed by atoms with E-state index in [0.29, 0.717) is 12.0 Å². The monoisotopic (exact) mass is 258 g/mol. The Morgan fingerprint density at radius 3 is 2.61 bits per heavy atom. The van der Waals surface area contributed by atoms with Crippen LogP contribution >= 0.6 is 11.3 Å². The molecule has 0 atom stereocenters. The molecule has 0 N–H and O–H groups in total. The molecule has 0 spiro atoms. The van der Waals surface area contributed by atoms with Crippen molar-refractivity contribution in [3.05, 3.63) is 63.9 Å². The fourth-order valence-electron chi connectivity index (χ4n) is 1.67. The smallest absolute Gasteiger partial charge is 0.334 e. The van der Waals surface area contributed by atoms with Gasteiger partial charge in [-0.1, -0.05) is 36.4 Å². The molecule has 0 aliphatic carbocycles. The number of ether oxygens (including phenoxy) is 1. The summed E-state index contributed by atoms with van der Waals surface area (Å²) in [5.74, 6) is -0.271. The quantitative estimate of drug-likeness (QED) is 0.619. The van der Waals surface area contributed by atoms with Gasteiger partial charge in [0.05, 0.1) is 7.11 Å². The summed E-state index contributed by atoms with van der Waals surface area (Å²) in [7, 11) is 1.41. The van der Waals surface area contributed by atoms with Gasteiger partial charge in [-0.2, -0.15) is 0 Å². The van der Waals surface area contributed by atoms with Gasteiger partial charge in [-0.25, -0.2) is 4.79 Å². The maximum absolute atomic E-state index is 11.8. The van der Waals surface area contributed by atoms with E-state index in [-0.39, 0.29) is 5.97 Å². The zero-order valence-electron chi connectivity index (χ0n) is 10.1. The summed E-state index contributed by atoms with van der Waals surface area (Å²) < 4.78 is 4.83. The first-order valence-electron chi connectivity index (χ1n) is 5.66. The van der Waals surface area contributed by atoms with Gasteiger partial charge in [-0.3, -0.25) is 0 Å². The lowest BCUT2D eigenvalue weighted by molar-refractivity contribution is -0.136. The highest BCUT2D eigenvalue weighted by molar-refractivity contribution is 7.10. The second-order valence-corrected chi connectivity index (χ2v) is 4.82. The molecule has 3 heteroatoms. The summed E-state index contributed by atoms with van der Waals surface area (Å²) in [5.41, 5.74) is 1.77. The van der Waals surface area contributed by atoms with E-state index >= 15 is 0 Å². The Labute approximate surface area is 111 Å². The highest BCUT2D eigenvalue weighted by Crippen LogP contribution is 2.17. The summed E-state index contributed by atoms with van der Waals surface area (Å²) in [6.07, 6.45) is 2.48. The van der Waals surface area contributed by atoms with Crippen LogP contribution in [0.4, 0.5) is 0 Å². The minimum atomic E-state index is -0.271. The van der Waals surface area contributed by atoms with Gasteiger partial charge < -0.3 is 4.74 Å². The van der Waals surface area contributed by atoms with Crippen LogP contribution in [0.15, 0.2) is 53.4 Å². The van der Waals surface area contributed by atoms with Gasteiger partial charge in [0.2, 0.25) is 0 Å². The standard InChI is InChI=1S/C15H14O2S/c1-17-15(16)13(11-14-8-5-9-18-14)10-12-6-3-2-4-7-12/h2-9,11H,10H2,1H3. The van der Waals surface area contributed by atoms with Gasteiger partial charge in [0.15, 0.2) is 0 Å².